The van der Waals surface area contributed by atoms with E-state index in [-0.39, 0.29) is 23.7 Å². The number of hydrogen-bond acceptors (Lipinski definition) is 4. The van der Waals surface area contributed by atoms with Crippen molar-refractivity contribution >= 4 is 10.9 Å². The number of benzene rings is 1. The molecule has 160 valence electrons. The Morgan fingerprint density at radius 3 is 2.41 bits per heavy atom. The van der Waals surface area contributed by atoms with Gasteiger partial charge in [-0.15, -0.1) is 0 Å². The highest BCUT2D eigenvalue weighted by atomic mass is 16.5. The van der Waals surface area contributed by atoms with Crippen molar-refractivity contribution in [2.75, 3.05) is 13.2 Å². The molecule has 2 rings (SSSR count). The molecule has 0 aliphatic rings. The fourth-order valence-corrected chi connectivity index (χ4v) is 3.42. The Hall–Kier alpha value is -2.43. The largest absolute Gasteiger partial charge is 0.508 e. The number of rotatable bonds is 14. The Morgan fingerprint density at radius 2 is 1.72 bits per heavy atom. The molecule has 0 atom stereocenters. The van der Waals surface area contributed by atoms with Crippen molar-refractivity contribution in [2.45, 2.75) is 71.8 Å². The highest BCUT2D eigenvalue weighted by Gasteiger charge is 2.20. The van der Waals surface area contributed by atoms with Crippen molar-refractivity contribution in [1.82, 2.24) is 4.57 Å². The molecular formula is C24H35NO4. The lowest BCUT2D eigenvalue weighted by Crippen LogP contribution is -2.24. The van der Waals surface area contributed by atoms with Crippen molar-refractivity contribution in [3.05, 3.63) is 41.2 Å². The first-order valence-corrected chi connectivity index (χ1v) is 10.9. The van der Waals surface area contributed by atoms with Crippen molar-refractivity contribution in [3.63, 3.8) is 0 Å². The first-order chi connectivity index (χ1) is 14.1. The highest BCUT2D eigenvalue weighted by Crippen LogP contribution is 2.35. The third kappa shape index (κ3) is 6.28. The quantitative estimate of drug-likeness (QED) is 0.320. The standard InChI is InChI=1S/C24H35NO4/c1-4-7-9-11-15-25-21-18-19(26)13-14-20(21)22(29-17-12-10-8-5-2)23(24(25)27)28-16-6-3/h6,13-14,18,26H,3-5,7-12,15-17H2,1-2H3. The van der Waals surface area contributed by atoms with Gasteiger partial charge in [-0.3, -0.25) is 4.79 Å². The Morgan fingerprint density at radius 1 is 1.00 bits per heavy atom. The number of nitrogens with zero attached hydrogens (tertiary/aromatic N) is 1. The second-order valence-corrected chi connectivity index (χ2v) is 7.39. The SMILES string of the molecule is C=CCOc1c(OCCCCCC)c2ccc(O)cc2n(CCCCCC)c1=O. The number of phenolic OH excluding ortho intramolecular Hbond substituents is 1. The van der Waals surface area contributed by atoms with Gasteiger partial charge in [-0.25, -0.2) is 0 Å². The first-order valence-electron chi connectivity index (χ1n) is 10.9. The van der Waals surface area contributed by atoms with Gasteiger partial charge in [0.05, 0.1) is 12.1 Å². The van der Waals surface area contributed by atoms with Crippen LogP contribution in [0.4, 0.5) is 0 Å². The van der Waals surface area contributed by atoms with E-state index < -0.39 is 0 Å². The maximum atomic E-state index is 13.3. The van der Waals surface area contributed by atoms with Crippen LogP contribution in [0, 0.1) is 0 Å². The predicted octanol–water partition coefficient (Wildman–Crippen LogP) is 5.81. The molecule has 0 aliphatic carbocycles. The minimum absolute atomic E-state index is 0.132. The minimum atomic E-state index is -0.218. The highest BCUT2D eigenvalue weighted by molar-refractivity contribution is 5.89. The van der Waals surface area contributed by atoms with Gasteiger partial charge in [-0.05, 0) is 25.0 Å². The molecule has 29 heavy (non-hydrogen) atoms. The summed E-state index contributed by atoms with van der Waals surface area (Å²) in [6, 6.07) is 5.06. The summed E-state index contributed by atoms with van der Waals surface area (Å²) in [5.74, 6) is 0.829. The summed E-state index contributed by atoms with van der Waals surface area (Å²) in [7, 11) is 0. The van der Waals surface area contributed by atoms with Crippen molar-refractivity contribution in [2.24, 2.45) is 0 Å². The van der Waals surface area contributed by atoms with Gasteiger partial charge in [-0.1, -0.05) is 65.0 Å². The Balaban J connectivity index is 2.45. The van der Waals surface area contributed by atoms with Gasteiger partial charge in [0.25, 0.3) is 5.56 Å². The number of hydrogen-bond donors (Lipinski definition) is 1. The van der Waals surface area contributed by atoms with E-state index in [0.29, 0.717) is 24.4 Å². The lowest BCUT2D eigenvalue weighted by molar-refractivity contribution is 0.275. The molecule has 0 saturated heterocycles. The minimum Gasteiger partial charge on any atom is -0.508 e. The molecule has 1 heterocycles. The van der Waals surface area contributed by atoms with Gasteiger partial charge in [-0.2, -0.15) is 0 Å². The number of unbranched alkanes of at least 4 members (excludes halogenated alkanes) is 6. The molecule has 5 nitrogen and oxygen atoms in total. The van der Waals surface area contributed by atoms with Gasteiger partial charge < -0.3 is 19.1 Å². The van der Waals surface area contributed by atoms with Gasteiger partial charge in [0.2, 0.25) is 5.75 Å². The average molecular weight is 402 g/mol. The summed E-state index contributed by atoms with van der Waals surface area (Å²) >= 11 is 0. The molecule has 0 fully saturated rings. The van der Waals surface area contributed by atoms with Crippen LogP contribution in [0.25, 0.3) is 10.9 Å². The predicted molar refractivity (Wildman–Crippen MR) is 119 cm³/mol. The van der Waals surface area contributed by atoms with Crippen LogP contribution in [0.5, 0.6) is 17.2 Å². The molecule has 0 radical (unpaired) electrons. The van der Waals surface area contributed by atoms with E-state index in [1.165, 1.54) is 0 Å². The number of ether oxygens (including phenoxy) is 2. The second-order valence-electron chi connectivity index (χ2n) is 7.39. The lowest BCUT2D eigenvalue weighted by atomic mass is 10.1. The van der Waals surface area contributed by atoms with Crippen LogP contribution >= 0.6 is 0 Å². The summed E-state index contributed by atoms with van der Waals surface area (Å²) in [5, 5.41) is 10.8. The number of aromatic hydroxyl groups is 1. The molecule has 0 spiro atoms. The third-order valence-corrected chi connectivity index (χ3v) is 4.99. The van der Waals surface area contributed by atoms with E-state index in [9.17, 15) is 9.90 Å². The van der Waals surface area contributed by atoms with Crippen molar-refractivity contribution in [3.8, 4) is 17.2 Å². The number of aromatic nitrogens is 1. The summed E-state index contributed by atoms with van der Waals surface area (Å²) in [6.07, 6.45) is 10.2. The maximum Gasteiger partial charge on any atom is 0.297 e. The normalized spacial score (nSPS) is 11.0. The number of fused-ring (bicyclic) bond motifs is 1. The van der Waals surface area contributed by atoms with Crippen LogP contribution in [-0.4, -0.2) is 22.9 Å². The maximum absolute atomic E-state index is 13.3. The van der Waals surface area contributed by atoms with E-state index >= 15 is 0 Å². The summed E-state index contributed by atoms with van der Waals surface area (Å²) in [5.41, 5.74) is 0.464. The van der Waals surface area contributed by atoms with Gasteiger partial charge >= 0.3 is 0 Å². The monoisotopic (exact) mass is 401 g/mol. The average Bonchev–Trinajstić information content (AvgIpc) is 2.72. The van der Waals surface area contributed by atoms with Gasteiger partial charge in [0, 0.05) is 18.0 Å². The van der Waals surface area contributed by atoms with Crippen LogP contribution in [-0.2, 0) is 6.54 Å². The molecule has 1 aromatic heterocycles. The molecule has 1 aromatic carbocycles. The first kappa shape index (κ1) is 22.9. The Kier molecular flexibility index (Phi) is 9.62. The van der Waals surface area contributed by atoms with Crippen molar-refractivity contribution < 1.29 is 14.6 Å². The Labute approximate surface area is 174 Å². The molecular weight excluding hydrogens is 366 g/mol. The third-order valence-electron chi connectivity index (χ3n) is 4.99. The van der Waals surface area contributed by atoms with E-state index in [2.05, 4.69) is 20.4 Å². The van der Waals surface area contributed by atoms with Gasteiger partial charge in [0.1, 0.15) is 12.4 Å². The number of aryl methyl sites for hydroxylation is 1. The van der Waals surface area contributed by atoms with Crippen LogP contribution < -0.4 is 15.0 Å². The molecule has 2 aromatic rings. The molecule has 0 bridgehead atoms. The fourth-order valence-electron chi connectivity index (χ4n) is 3.42. The lowest BCUT2D eigenvalue weighted by Gasteiger charge is -2.18. The van der Waals surface area contributed by atoms with Crippen LogP contribution in [0.15, 0.2) is 35.6 Å². The molecule has 0 aliphatic heterocycles. The van der Waals surface area contributed by atoms with E-state index in [0.717, 1.165) is 56.8 Å². The second kappa shape index (κ2) is 12.2. The molecule has 1 N–H and O–H groups in total. The summed E-state index contributed by atoms with van der Waals surface area (Å²) in [6.45, 7) is 9.37. The fraction of sp³-hybridized carbons (Fsp3) is 0.542. The van der Waals surface area contributed by atoms with Gasteiger partial charge in [0.15, 0.2) is 5.75 Å². The molecule has 0 unspecified atom stereocenters. The molecule has 5 heteroatoms. The number of phenols is 1. The number of pyridine rings is 1. The Bertz CT molecular complexity index is 841. The summed E-state index contributed by atoms with van der Waals surface area (Å²) < 4.78 is 13.5. The molecule has 0 saturated carbocycles. The topological polar surface area (TPSA) is 60.7 Å². The van der Waals surface area contributed by atoms with Crippen LogP contribution in [0.1, 0.15) is 65.2 Å². The smallest absolute Gasteiger partial charge is 0.297 e. The van der Waals surface area contributed by atoms with E-state index in [1.54, 1.807) is 28.8 Å². The summed E-state index contributed by atoms with van der Waals surface area (Å²) in [4.78, 5) is 13.3. The van der Waals surface area contributed by atoms with E-state index in [1.807, 2.05) is 0 Å². The molecule has 0 amide bonds. The zero-order chi connectivity index (χ0) is 21.1. The van der Waals surface area contributed by atoms with Crippen LogP contribution in [0.2, 0.25) is 0 Å². The van der Waals surface area contributed by atoms with Crippen LogP contribution in [0.3, 0.4) is 0 Å². The van der Waals surface area contributed by atoms with E-state index in [4.69, 9.17) is 9.47 Å². The zero-order valence-corrected chi connectivity index (χ0v) is 17.9. The van der Waals surface area contributed by atoms with Crippen molar-refractivity contribution in [1.29, 1.82) is 0 Å². The zero-order valence-electron chi connectivity index (χ0n) is 17.9.